The molecule has 2 aliphatic rings. The summed E-state index contributed by atoms with van der Waals surface area (Å²) >= 11 is 0. The Kier molecular flexibility index (Phi) is 1.79. The lowest BCUT2D eigenvalue weighted by atomic mass is 10.2. The number of piperazine rings is 1. The van der Waals surface area contributed by atoms with Crippen molar-refractivity contribution in [3.8, 4) is 0 Å². The number of nitrogens with zero attached hydrogens (tertiary/aromatic N) is 1. The highest BCUT2D eigenvalue weighted by molar-refractivity contribution is 5.72. The second-order valence-corrected chi connectivity index (χ2v) is 3.01. The van der Waals surface area contributed by atoms with Gasteiger partial charge in [-0.15, -0.1) is 0 Å². The molecule has 0 spiro atoms. The highest BCUT2D eigenvalue weighted by Crippen LogP contribution is 2.08. The molecule has 2 saturated heterocycles. The molecule has 0 bridgehead atoms. The minimum absolute atomic E-state index is 0.0804. The summed E-state index contributed by atoms with van der Waals surface area (Å²) in [5.41, 5.74) is 0. The van der Waals surface area contributed by atoms with Gasteiger partial charge in [-0.3, -0.25) is 9.69 Å². The van der Waals surface area contributed by atoms with Crippen LogP contribution in [0, 0.1) is 0 Å². The van der Waals surface area contributed by atoms with Crippen LogP contribution < -0.4 is 5.32 Å². The largest absolute Gasteiger partial charge is 0.463 e. The Morgan fingerprint density at radius 2 is 2.55 bits per heavy atom. The Hall–Kier alpha value is -0.610. The van der Waals surface area contributed by atoms with Gasteiger partial charge in [0.15, 0.2) is 0 Å². The van der Waals surface area contributed by atoms with Crippen LogP contribution in [0.3, 0.4) is 0 Å². The van der Waals surface area contributed by atoms with Crippen LogP contribution >= 0.6 is 0 Å². The van der Waals surface area contributed by atoms with Crippen LogP contribution in [0.5, 0.6) is 0 Å². The minimum Gasteiger partial charge on any atom is -0.463 e. The number of rotatable bonds is 0. The summed E-state index contributed by atoms with van der Waals surface area (Å²) in [6.45, 7) is 3.95. The Bertz CT molecular complexity index is 172. The van der Waals surface area contributed by atoms with E-state index in [0.717, 1.165) is 19.6 Å². The Morgan fingerprint density at radius 1 is 1.64 bits per heavy atom. The zero-order valence-electron chi connectivity index (χ0n) is 6.38. The van der Waals surface area contributed by atoms with Crippen molar-refractivity contribution in [3.05, 3.63) is 0 Å². The van der Waals surface area contributed by atoms with E-state index in [1.165, 1.54) is 0 Å². The van der Waals surface area contributed by atoms with Crippen molar-refractivity contribution in [1.29, 1.82) is 0 Å². The lowest BCUT2D eigenvalue weighted by molar-refractivity contribution is -0.155. The number of nitrogens with one attached hydrogen (secondary N) is 1. The summed E-state index contributed by atoms with van der Waals surface area (Å²) in [6, 6.07) is 0.418. The quantitative estimate of drug-likeness (QED) is 0.448. The first-order valence-electron chi connectivity index (χ1n) is 3.96. The molecule has 62 valence electrons. The SMILES string of the molecule is O=C1CN2CCNC[C@H]2CO1. The molecule has 2 rings (SSSR count). The molecule has 0 aromatic rings. The van der Waals surface area contributed by atoms with Crippen molar-refractivity contribution in [2.75, 3.05) is 32.8 Å². The standard InChI is InChI=1S/C7H12N2O2/c10-7-4-9-2-1-8-3-6(9)5-11-7/h6,8H,1-5H2/t6-/m0/s1. The third kappa shape index (κ3) is 1.36. The predicted octanol–water partition coefficient (Wildman–Crippen LogP) is -1.18. The van der Waals surface area contributed by atoms with Crippen molar-refractivity contribution in [2.24, 2.45) is 0 Å². The van der Waals surface area contributed by atoms with Gasteiger partial charge in [0.2, 0.25) is 0 Å². The normalized spacial score (nSPS) is 32.7. The van der Waals surface area contributed by atoms with Crippen LogP contribution in [0.4, 0.5) is 0 Å². The fraction of sp³-hybridized carbons (Fsp3) is 0.857. The number of esters is 1. The van der Waals surface area contributed by atoms with E-state index in [2.05, 4.69) is 10.2 Å². The second-order valence-electron chi connectivity index (χ2n) is 3.01. The fourth-order valence-corrected chi connectivity index (χ4v) is 1.58. The minimum atomic E-state index is -0.0804. The van der Waals surface area contributed by atoms with E-state index in [-0.39, 0.29) is 5.97 Å². The van der Waals surface area contributed by atoms with Crippen LogP contribution in [-0.4, -0.2) is 49.7 Å². The van der Waals surface area contributed by atoms with Crippen molar-refractivity contribution < 1.29 is 9.53 Å². The molecule has 4 nitrogen and oxygen atoms in total. The smallest absolute Gasteiger partial charge is 0.320 e. The maximum absolute atomic E-state index is 10.8. The fourth-order valence-electron chi connectivity index (χ4n) is 1.58. The molecule has 0 amide bonds. The third-order valence-corrected chi connectivity index (χ3v) is 2.24. The number of carbonyl (C=O) groups is 1. The van der Waals surface area contributed by atoms with Crippen LogP contribution in [-0.2, 0) is 9.53 Å². The Morgan fingerprint density at radius 3 is 3.45 bits per heavy atom. The van der Waals surface area contributed by atoms with Gasteiger partial charge < -0.3 is 10.1 Å². The summed E-state index contributed by atoms with van der Waals surface area (Å²) in [7, 11) is 0. The summed E-state index contributed by atoms with van der Waals surface area (Å²) in [4.78, 5) is 13.0. The predicted molar refractivity (Wildman–Crippen MR) is 39.2 cm³/mol. The van der Waals surface area contributed by atoms with Gasteiger partial charge in [-0.1, -0.05) is 0 Å². The topological polar surface area (TPSA) is 41.6 Å². The molecule has 0 aromatic carbocycles. The number of cyclic esters (lactones) is 1. The molecule has 1 atom stereocenters. The van der Waals surface area contributed by atoms with E-state index in [0.29, 0.717) is 19.2 Å². The number of morpholine rings is 1. The lowest BCUT2D eigenvalue weighted by Crippen LogP contribution is -2.57. The van der Waals surface area contributed by atoms with Gasteiger partial charge in [0.25, 0.3) is 0 Å². The molecule has 0 aromatic heterocycles. The second kappa shape index (κ2) is 2.79. The maximum atomic E-state index is 10.8. The van der Waals surface area contributed by atoms with Crippen LogP contribution in [0.1, 0.15) is 0 Å². The highest BCUT2D eigenvalue weighted by atomic mass is 16.5. The summed E-state index contributed by atoms with van der Waals surface area (Å²) in [5.74, 6) is -0.0804. The first-order valence-corrected chi connectivity index (χ1v) is 3.96. The molecule has 0 radical (unpaired) electrons. The average Bonchev–Trinajstić information content (AvgIpc) is 2.04. The van der Waals surface area contributed by atoms with Gasteiger partial charge in [-0.2, -0.15) is 0 Å². The molecule has 2 fully saturated rings. The van der Waals surface area contributed by atoms with E-state index >= 15 is 0 Å². The molecule has 2 aliphatic heterocycles. The molecule has 2 heterocycles. The first-order chi connectivity index (χ1) is 5.36. The van der Waals surface area contributed by atoms with Gasteiger partial charge in [0.1, 0.15) is 6.61 Å². The van der Waals surface area contributed by atoms with Gasteiger partial charge in [0.05, 0.1) is 12.6 Å². The van der Waals surface area contributed by atoms with E-state index in [9.17, 15) is 4.79 Å². The number of ether oxygens (including phenoxy) is 1. The number of fused-ring (bicyclic) bond motifs is 1. The van der Waals surface area contributed by atoms with Gasteiger partial charge in [-0.25, -0.2) is 0 Å². The molecule has 1 N–H and O–H groups in total. The first kappa shape index (κ1) is 7.06. The van der Waals surface area contributed by atoms with Crippen molar-refractivity contribution in [2.45, 2.75) is 6.04 Å². The number of carbonyl (C=O) groups excluding carboxylic acids is 1. The van der Waals surface area contributed by atoms with E-state index in [1.807, 2.05) is 0 Å². The highest BCUT2D eigenvalue weighted by Gasteiger charge is 2.29. The average molecular weight is 156 g/mol. The van der Waals surface area contributed by atoms with Gasteiger partial charge in [-0.05, 0) is 0 Å². The van der Waals surface area contributed by atoms with E-state index in [1.54, 1.807) is 0 Å². The molecule has 0 saturated carbocycles. The van der Waals surface area contributed by atoms with Crippen molar-refractivity contribution in [3.63, 3.8) is 0 Å². The van der Waals surface area contributed by atoms with Crippen LogP contribution in [0.25, 0.3) is 0 Å². The number of hydrogen-bond donors (Lipinski definition) is 1. The summed E-state index contributed by atoms with van der Waals surface area (Å²) in [5, 5.41) is 3.27. The molecule has 0 unspecified atom stereocenters. The summed E-state index contributed by atoms with van der Waals surface area (Å²) < 4.78 is 4.93. The molecule has 0 aliphatic carbocycles. The van der Waals surface area contributed by atoms with Crippen molar-refractivity contribution in [1.82, 2.24) is 10.2 Å². The monoisotopic (exact) mass is 156 g/mol. The zero-order valence-corrected chi connectivity index (χ0v) is 6.38. The lowest BCUT2D eigenvalue weighted by Gasteiger charge is -2.38. The zero-order chi connectivity index (χ0) is 7.68. The van der Waals surface area contributed by atoms with E-state index < -0.39 is 0 Å². The van der Waals surface area contributed by atoms with Gasteiger partial charge >= 0.3 is 5.97 Å². The van der Waals surface area contributed by atoms with Crippen LogP contribution in [0.15, 0.2) is 0 Å². The maximum Gasteiger partial charge on any atom is 0.320 e. The van der Waals surface area contributed by atoms with Crippen molar-refractivity contribution >= 4 is 5.97 Å². The summed E-state index contributed by atoms with van der Waals surface area (Å²) in [6.07, 6.45) is 0. The molecular formula is C7H12N2O2. The Balaban J connectivity index is 1.98. The Labute approximate surface area is 65.5 Å². The third-order valence-electron chi connectivity index (χ3n) is 2.24. The van der Waals surface area contributed by atoms with E-state index in [4.69, 9.17) is 4.74 Å². The molecule has 11 heavy (non-hydrogen) atoms. The molecule has 4 heteroatoms. The number of hydrogen-bond acceptors (Lipinski definition) is 4. The van der Waals surface area contributed by atoms with Gasteiger partial charge in [0, 0.05) is 19.6 Å². The molecular weight excluding hydrogens is 144 g/mol. The van der Waals surface area contributed by atoms with Crippen LogP contribution in [0.2, 0.25) is 0 Å².